The zero-order valence-corrected chi connectivity index (χ0v) is 11.1. The predicted molar refractivity (Wildman–Crippen MR) is 71.3 cm³/mol. The molecule has 0 saturated heterocycles. The third-order valence-corrected chi connectivity index (χ3v) is 4.23. The van der Waals surface area contributed by atoms with Gasteiger partial charge in [0.15, 0.2) is 0 Å². The lowest BCUT2D eigenvalue weighted by atomic mass is 10.1. The van der Waals surface area contributed by atoms with Gasteiger partial charge in [-0.25, -0.2) is 0 Å². The van der Waals surface area contributed by atoms with Crippen LogP contribution in [0.4, 0.5) is 0 Å². The summed E-state index contributed by atoms with van der Waals surface area (Å²) in [5, 5.41) is 0. The molecule has 0 bridgehead atoms. The molecule has 14 heavy (non-hydrogen) atoms. The molecular weight excluding hydrogens is 327 g/mol. The number of rotatable bonds is 2. The highest BCUT2D eigenvalue weighted by atomic mass is 127. The minimum atomic E-state index is 0.867. The Morgan fingerprint density at radius 1 is 1.14 bits per heavy atom. The topological polar surface area (TPSA) is 0 Å². The Kier molecular flexibility index (Phi) is 3.47. The van der Waals surface area contributed by atoms with Crippen LogP contribution in [0, 0.1) is 3.57 Å². The van der Waals surface area contributed by atoms with Crippen LogP contribution in [0.25, 0.3) is 0 Å². The minimum absolute atomic E-state index is 0.867. The van der Waals surface area contributed by atoms with Gasteiger partial charge in [-0.05, 0) is 46.4 Å². The first-order valence-corrected chi connectivity index (χ1v) is 6.50. The minimum Gasteiger partial charge on any atom is -0.128 e. The highest BCUT2D eigenvalue weighted by molar-refractivity contribution is 14.1. The fraction of sp³-hybridized carbons (Fsp3) is 0.0909. The fourth-order valence-electron chi connectivity index (χ4n) is 1.28. The summed E-state index contributed by atoms with van der Waals surface area (Å²) >= 11 is 9.90. The van der Waals surface area contributed by atoms with Crippen molar-refractivity contribution in [2.24, 2.45) is 0 Å². The zero-order chi connectivity index (χ0) is 9.97. The summed E-state index contributed by atoms with van der Waals surface area (Å²) in [6.45, 7) is 0. The van der Waals surface area contributed by atoms with Crippen molar-refractivity contribution in [3.63, 3.8) is 0 Å². The van der Waals surface area contributed by atoms with Gasteiger partial charge in [0.2, 0.25) is 0 Å². The molecule has 3 heteroatoms. The number of thiophene rings is 1. The normalized spacial score (nSPS) is 10.4. The molecule has 0 aliphatic rings. The summed E-state index contributed by atoms with van der Waals surface area (Å²) in [6.07, 6.45) is 0.983. The molecule has 0 aliphatic carbocycles. The third-order valence-electron chi connectivity index (χ3n) is 1.95. The van der Waals surface area contributed by atoms with Gasteiger partial charge in [-0.3, -0.25) is 0 Å². The Hall–Kier alpha value is -0.0600. The lowest BCUT2D eigenvalue weighted by Gasteiger charge is -2.01. The van der Waals surface area contributed by atoms with Crippen LogP contribution in [-0.2, 0) is 6.42 Å². The first-order chi connectivity index (χ1) is 6.75. The van der Waals surface area contributed by atoms with E-state index in [9.17, 15) is 0 Å². The molecule has 2 aromatic rings. The van der Waals surface area contributed by atoms with Crippen molar-refractivity contribution in [3.05, 3.63) is 54.7 Å². The molecule has 0 aliphatic heterocycles. The van der Waals surface area contributed by atoms with E-state index in [4.69, 9.17) is 11.6 Å². The van der Waals surface area contributed by atoms with Gasteiger partial charge in [-0.1, -0.05) is 29.8 Å². The van der Waals surface area contributed by atoms with Gasteiger partial charge >= 0.3 is 0 Å². The van der Waals surface area contributed by atoms with Crippen molar-refractivity contribution < 1.29 is 0 Å². The van der Waals surface area contributed by atoms with E-state index in [-0.39, 0.29) is 0 Å². The Bertz CT molecular complexity index is 436. The van der Waals surface area contributed by atoms with Crippen LogP contribution in [0.5, 0.6) is 0 Å². The van der Waals surface area contributed by atoms with Gasteiger partial charge in [-0.15, -0.1) is 11.3 Å². The van der Waals surface area contributed by atoms with Crippen LogP contribution in [0.1, 0.15) is 10.4 Å². The first kappa shape index (κ1) is 10.5. The molecular formula is C11H8ClIS. The van der Waals surface area contributed by atoms with Gasteiger partial charge in [0, 0.05) is 14.9 Å². The summed E-state index contributed by atoms with van der Waals surface area (Å²) in [5.74, 6) is 0. The second-order valence-corrected chi connectivity index (χ2v) is 5.94. The quantitative estimate of drug-likeness (QED) is 0.704. The molecule has 0 unspecified atom stereocenters. The number of hydrogen-bond donors (Lipinski definition) is 0. The second kappa shape index (κ2) is 4.64. The van der Waals surface area contributed by atoms with Gasteiger partial charge in [-0.2, -0.15) is 0 Å². The Labute approximate surface area is 106 Å². The summed E-state index contributed by atoms with van der Waals surface area (Å²) in [7, 11) is 0. The van der Waals surface area contributed by atoms with E-state index in [2.05, 4.69) is 52.9 Å². The van der Waals surface area contributed by atoms with E-state index in [1.807, 2.05) is 6.07 Å². The fourth-order valence-corrected chi connectivity index (χ4v) is 2.96. The highest BCUT2D eigenvalue weighted by Gasteiger charge is 2.02. The van der Waals surface area contributed by atoms with Gasteiger partial charge in [0.1, 0.15) is 0 Å². The lowest BCUT2D eigenvalue weighted by Crippen LogP contribution is -1.87. The summed E-state index contributed by atoms with van der Waals surface area (Å²) in [5.41, 5.74) is 1.37. The lowest BCUT2D eigenvalue weighted by molar-refractivity contribution is 1.22. The van der Waals surface area contributed by atoms with Crippen molar-refractivity contribution in [1.82, 2.24) is 0 Å². The third kappa shape index (κ3) is 2.49. The molecule has 0 N–H and O–H groups in total. The van der Waals surface area contributed by atoms with Crippen LogP contribution < -0.4 is 0 Å². The van der Waals surface area contributed by atoms with Gasteiger partial charge in [0.05, 0.1) is 4.34 Å². The highest BCUT2D eigenvalue weighted by Crippen LogP contribution is 2.25. The number of benzene rings is 1. The number of hydrogen-bond acceptors (Lipinski definition) is 1. The van der Waals surface area contributed by atoms with Crippen LogP contribution in [-0.4, -0.2) is 0 Å². The summed E-state index contributed by atoms with van der Waals surface area (Å²) in [4.78, 5) is 1.32. The SMILES string of the molecule is Clc1ccc(Cc2ccccc2I)s1. The maximum Gasteiger partial charge on any atom is 0.0931 e. The Morgan fingerprint density at radius 3 is 2.57 bits per heavy atom. The Morgan fingerprint density at radius 2 is 1.93 bits per heavy atom. The maximum atomic E-state index is 5.88. The predicted octanol–water partition coefficient (Wildman–Crippen LogP) is 4.60. The first-order valence-electron chi connectivity index (χ1n) is 4.23. The van der Waals surface area contributed by atoms with Crippen molar-refractivity contribution in [2.45, 2.75) is 6.42 Å². The van der Waals surface area contributed by atoms with Gasteiger partial charge < -0.3 is 0 Å². The van der Waals surface area contributed by atoms with Crippen LogP contribution in [0.2, 0.25) is 4.34 Å². The van der Waals surface area contributed by atoms with E-state index in [0.29, 0.717) is 0 Å². The van der Waals surface area contributed by atoms with E-state index in [1.54, 1.807) is 11.3 Å². The molecule has 0 fully saturated rings. The molecule has 1 aromatic heterocycles. The van der Waals surface area contributed by atoms with Crippen LogP contribution in [0.3, 0.4) is 0 Å². The van der Waals surface area contributed by atoms with Crippen molar-refractivity contribution in [3.8, 4) is 0 Å². The molecule has 0 saturated carbocycles. The molecule has 1 aromatic carbocycles. The largest absolute Gasteiger partial charge is 0.128 e. The van der Waals surface area contributed by atoms with Crippen molar-refractivity contribution in [1.29, 1.82) is 0 Å². The van der Waals surface area contributed by atoms with Crippen LogP contribution in [0.15, 0.2) is 36.4 Å². The van der Waals surface area contributed by atoms with Crippen LogP contribution >= 0.6 is 45.5 Å². The summed E-state index contributed by atoms with van der Waals surface area (Å²) < 4.78 is 2.18. The van der Waals surface area contributed by atoms with Crippen molar-refractivity contribution >= 4 is 45.5 Å². The molecule has 0 spiro atoms. The molecule has 0 radical (unpaired) electrons. The molecule has 0 atom stereocenters. The van der Waals surface area contributed by atoms with Gasteiger partial charge in [0.25, 0.3) is 0 Å². The monoisotopic (exact) mass is 334 g/mol. The maximum absolute atomic E-state index is 5.88. The van der Waals surface area contributed by atoms with E-state index in [1.165, 1.54) is 14.0 Å². The van der Waals surface area contributed by atoms with E-state index in [0.717, 1.165) is 10.8 Å². The molecule has 0 amide bonds. The van der Waals surface area contributed by atoms with E-state index < -0.39 is 0 Å². The smallest absolute Gasteiger partial charge is 0.0931 e. The molecule has 0 nitrogen and oxygen atoms in total. The zero-order valence-electron chi connectivity index (χ0n) is 7.34. The second-order valence-electron chi connectivity index (χ2n) is 2.97. The van der Waals surface area contributed by atoms with Crippen molar-refractivity contribution in [2.75, 3.05) is 0 Å². The van der Waals surface area contributed by atoms with E-state index >= 15 is 0 Å². The molecule has 2 rings (SSSR count). The average Bonchev–Trinajstić information content (AvgIpc) is 2.56. The molecule has 72 valence electrons. The standard InChI is InChI=1S/C11H8ClIS/c12-11-6-5-9(14-11)7-8-3-1-2-4-10(8)13/h1-6H,7H2. The average molecular weight is 335 g/mol. The summed E-state index contributed by atoms with van der Waals surface area (Å²) in [6, 6.07) is 12.5. The number of halogens is 2. The molecule has 1 heterocycles. The Balaban J connectivity index is 2.23.